The zero-order chi connectivity index (χ0) is 26.3. The fourth-order valence-corrected chi connectivity index (χ4v) is 4.66. The number of aromatic nitrogens is 4. The highest BCUT2D eigenvalue weighted by Gasteiger charge is 2.29. The monoisotopic (exact) mass is 517 g/mol. The molecule has 206 valence electrons. The number of aliphatic hydroxyl groups is 1. The summed E-state index contributed by atoms with van der Waals surface area (Å²) >= 11 is 0. The Morgan fingerprint density at radius 1 is 1.00 bits per heavy atom. The largest absolute Gasteiger partial charge is 0.494 e. The molecule has 0 saturated carbocycles. The lowest BCUT2D eigenvalue weighted by atomic mass is 10.0. The lowest BCUT2D eigenvalue weighted by Gasteiger charge is -2.13. The van der Waals surface area contributed by atoms with Crippen LogP contribution >= 0.6 is 0 Å². The van der Waals surface area contributed by atoms with E-state index in [2.05, 4.69) is 19.7 Å². The predicted molar refractivity (Wildman–Crippen MR) is 141 cm³/mol. The number of imidazole rings is 1. The van der Waals surface area contributed by atoms with Gasteiger partial charge in [-0.25, -0.2) is 15.0 Å². The first-order chi connectivity index (χ1) is 18.1. The van der Waals surface area contributed by atoms with E-state index < -0.39 is 0 Å². The molecule has 2 aromatic rings. The number of ether oxygens (including phenoxy) is 3. The molecule has 0 amide bonds. The number of nitrogens with two attached hydrogens (primary N) is 1. The normalized spacial score (nSPS) is 15.4. The molecule has 3 rings (SSSR count). The van der Waals surface area contributed by atoms with Gasteiger partial charge in [0, 0.05) is 6.42 Å². The molecule has 2 aromatic heterocycles. The van der Waals surface area contributed by atoms with Crippen molar-refractivity contribution in [3.8, 4) is 0 Å². The minimum absolute atomic E-state index is 0.0966. The summed E-state index contributed by atoms with van der Waals surface area (Å²) in [6.07, 6.45) is 19.4. The first-order valence-corrected chi connectivity index (χ1v) is 13.8. The third-order valence-corrected chi connectivity index (χ3v) is 6.82. The van der Waals surface area contributed by atoms with E-state index in [-0.39, 0.29) is 18.8 Å². The SMILES string of the molecule is COC(=O)CCCCCCCCCCCCCCCOC1=C(CO)O[C@@H](n2cnc3c(N)ncnc32)C1. The van der Waals surface area contributed by atoms with Crippen LogP contribution in [0.4, 0.5) is 5.82 Å². The Hall–Kier alpha value is -2.88. The molecule has 0 radical (unpaired) electrons. The fraction of sp³-hybridized carbons (Fsp3) is 0.704. The highest BCUT2D eigenvalue weighted by molar-refractivity contribution is 5.81. The van der Waals surface area contributed by atoms with Crippen molar-refractivity contribution in [1.29, 1.82) is 0 Å². The quantitative estimate of drug-likeness (QED) is 0.191. The molecule has 0 spiro atoms. The van der Waals surface area contributed by atoms with Gasteiger partial charge in [-0.2, -0.15) is 0 Å². The van der Waals surface area contributed by atoms with Gasteiger partial charge < -0.3 is 25.1 Å². The van der Waals surface area contributed by atoms with E-state index in [9.17, 15) is 9.90 Å². The van der Waals surface area contributed by atoms with Gasteiger partial charge in [0.05, 0.1) is 20.1 Å². The van der Waals surface area contributed by atoms with Crippen LogP contribution in [-0.2, 0) is 19.0 Å². The molecule has 0 fully saturated rings. The van der Waals surface area contributed by atoms with Crippen LogP contribution in [0.15, 0.2) is 24.2 Å². The lowest BCUT2D eigenvalue weighted by molar-refractivity contribution is -0.140. The molecule has 1 aliphatic rings. The van der Waals surface area contributed by atoms with E-state index in [1.165, 1.54) is 71.2 Å². The summed E-state index contributed by atoms with van der Waals surface area (Å²) in [5.41, 5.74) is 7.01. The molecule has 1 atom stereocenters. The molecule has 0 aromatic carbocycles. The standard InChI is InChI=1S/C27H43N5O5/c1-35-24(34)15-13-11-9-7-5-3-2-4-6-8-10-12-14-16-36-21-17-23(37-22(21)18-33)32-20-31-25-26(28)29-19-30-27(25)32/h19-20,23,33H,2-18H2,1H3,(H2,28,29,30)/t23-/m1/s1. The number of fused-ring (bicyclic) bond motifs is 1. The number of anilines is 1. The summed E-state index contributed by atoms with van der Waals surface area (Å²) in [6.45, 7) is 0.416. The van der Waals surface area contributed by atoms with Crippen molar-refractivity contribution in [2.45, 2.75) is 103 Å². The van der Waals surface area contributed by atoms with Crippen LogP contribution in [0.2, 0.25) is 0 Å². The van der Waals surface area contributed by atoms with E-state index in [0.29, 0.717) is 47.9 Å². The molecule has 10 heteroatoms. The average molecular weight is 518 g/mol. The van der Waals surface area contributed by atoms with Gasteiger partial charge in [-0.15, -0.1) is 0 Å². The first-order valence-electron chi connectivity index (χ1n) is 13.8. The Balaban J connectivity index is 1.18. The highest BCUT2D eigenvalue weighted by Crippen LogP contribution is 2.34. The van der Waals surface area contributed by atoms with Gasteiger partial charge in [-0.3, -0.25) is 9.36 Å². The van der Waals surface area contributed by atoms with E-state index in [0.717, 1.165) is 25.7 Å². The third kappa shape index (κ3) is 9.18. The molecule has 0 unspecified atom stereocenters. The van der Waals surface area contributed by atoms with Crippen LogP contribution < -0.4 is 5.73 Å². The number of unbranched alkanes of at least 4 members (excludes halogenated alkanes) is 12. The van der Waals surface area contributed by atoms with Crippen LogP contribution in [0.25, 0.3) is 11.2 Å². The summed E-state index contributed by atoms with van der Waals surface area (Å²) in [5, 5.41) is 9.71. The molecule has 1 aliphatic heterocycles. The summed E-state index contributed by atoms with van der Waals surface area (Å²) in [7, 11) is 1.45. The molecule has 0 bridgehead atoms. The summed E-state index contributed by atoms with van der Waals surface area (Å²) in [4.78, 5) is 23.6. The predicted octanol–water partition coefficient (Wildman–Crippen LogP) is 5.18. The second-order valence-corrected chi connectivity index (χ2v) is 9.63. The van der Waals surface area contributed by atoms with Gasteiger partial charge in [0.25, 0.3) is 0 Å². The van der Waals surface area contributed by atoms with E-state index in [1.54, 1.807) is 10.9 Å². The van der Waals surface area contributed by atoms with Crippen LogP contribution in [0.1, 0.15) is 103 Å². The summed E-state index contributed by atoms with van der Waals surface area (Å²) < 4.78 is 18.3. The molecule has 10 nitrogen and oxygen atoms in total. The van der Waals surface area contributed by atoms with Gasteiger partial charge in [-0.05, 0) is 12.8 Å². The summed E-state index contributed by atoms with van der Waals surface area (Å²) in [5.74, 6) is 1.39. The average Bonchev–Trinajstić information content (AvgIpc) is 3.53. The van der Waals surface area contributed by atoms with Gasteiger partial charge >= 0.3 is 5.97 Å². The highest BCUT2D eigenvalue weighted by atomic mass is 16.6. The molecular formula is C27H43N5O5. The number of esters is 1. The van der Waals surface area contributed by atoms with E-state index in [1.807, 2.05) is 0 Å². The van der Waals surface area contributed by atoms with Crippen molar-refractivity contribution in [3.63, 3.8) is 0 Å². The van der Waals surface area contributed by atoms with E-state index in [4.69, 9.17) is 15.2 Å². The zero-order valence-corrected chi connectivity index (χ0v) is 22.2. The maximum absolute atomic E-state index is 11.1. The van der Waals surface area contributed by atoms with Crippen molar-refractivity contribution in [3.05, 3.63) is 24.2 Å². The van der Waals surface area contributed by atoms with Crippen LogP contribution in [0.3, 0.4) is 0 Å². The number of hydrogen-bond acceptors (Lipinski definition) is 9. The Kier molecular flexibility index (Phi) is 12.5. The number of rotatable bonds is 19. The fourth-order valence-electron chi connectivity index (χ4n) is 4.66. The zero-order valence-electron chi connectivity index (χ0n) is 22.2. The van der Waals surface area contributed by atoms with Gasteiger partial charge in [0.15, 0.2) is 23.5 Å². The minimum Gasteiger partial charge on any atom is -0.494 e. The van der Waals surface area contributed by atoms with Crippen molar-refractivity contribution in [2.75, 3.05) is 26.1 Å². The van der Waals surface area contributed by atoms with Gasteiger partial charge in [0.1, 0.15) is 30.5 Å². The minimum atomic E-state index is -0.372. The second kappa shape index (κ2) is 16.1. The van der Waals surface area contributed by atoms with Crippen molar-refractivity contribution in [2.24, 2.45) is 0 Å². The number of carbonyl (C=O) groups excluding carboxylic acids is 1. The first kappa shape index (κ1) is 28.7. The Bertz CT molecular complexity index is 993. The van der Waals surface area contributed by atoms with Crippen molar-refractivity contribution < 1.29 is 24.1 Å². The number of hydrogen-bond donors (Lipinski definition) is 2. The Morgan fingerprint density at radius 3 is 2.24 bits per heavy atom. The lowest BCUT2D eigenvalue weighted by Crippen LogP contribution is -2.09. The molecule has 0 aliphatic carbocycles. The maximum atomic E-state index is 11.1. The molecule has 37 heavy (non-hydrogen) atoms. The smallest absolute Gasteiger partial charge is 0.305 e. The van der Waals surface area contributed by atoms with Gasteiger partial charge in [-0.1, -0.05) is 70.6 Å². The molecule has 0 saturated heterocycles. The maximum Gasteiger partial charge on any atom is 0.305 e. The Morgan fingerprint density at radius 2 is 1.62 bits per heavy atom. The number of aliphatic hydroxyl groups excluding tert-OH is 1. The van der Waals surface area contributed by atoms with E-state index >= 15 is 0 Å². The second-order valence-electron chi connectivity index (χ2n) is 9.63. The number of carbonyl (C=O) groups is 1. The topological polar surface area (TPSA) is 135 Å². The van der Waals surface area contributed by atoms with Crippen LogP contribution in [0, 0.1) is 0 Å². The number of nitrogen functional groups attached to an aromatic ring is 1. The van der Waals surface area contributed by atoms with Crippen molar-refractivity contribution >= 4 is 23.0 Å². The van der Waals surface area contributed by atoms with Crippen LogP contribution in [-0.4, -0.2) is 50.9 Å². The number of methoxy groups -OCH3 is 1. The molecule has 3 heterocycles. The van der Waals surface area contributed by atoms with Crippen LogP contribution in [0.5, 0.6) is 0 Å². The Labute approximate surface area is 219 Å². The third-order valence-electron chi connectivity index (χ3n) is 6.82. The number of nitrogens with zero attached hydrogens (tertiary/aromatic N) is 4. The molecular weight excluding hydrogens is 474 g/mol. The summed E-state index contributed by atoms with van der Waals surface area (Å²) in [6, 6.07) is 0. The van der Waals surface area contributed by atoms with Crippen molar-refractivity contribution in [1.82, 2.24) is 19.5 Å². The molecule has 3 N–H and O–H groups in total. The van der Waals surface area contributed by atoms with Gasteiger partial charge in [0.2, 0.25) is 0 Å².